The lowest BCUT2D eigenvalue weighted by Gasteiger charge is -2.22. The number of hydrogen-bond donors (Lipinski definition) is 7. The highest BCUT2D eigenvalue weighted by molar-refractivity contribution is 5.93. The molecule has 1 aromatic heterocycles. The van der Waals surface area contributed by atoms with Crippen molar-refractivity contribution < 1.29 is 29.4 Å². The van der Waals surface area contributed by atoms with E-state index in [0.717, 1.165) is 0 Å². The maximum atomic E-state index is 12.2. The summed E-state index contributed by atoms with van der Waals surface area (Å²) in [6.07, 6.45) is 2.72. The second-order valence-electron chi connectivity index (χ2n) is 5.94. The van der Waals surface area contributed by atoms with E-state index in [2.05, 4.69) is 25.9 Å². The van der Waals surface area contributed by atoms with E-state index in [1.54, 1.807) is 0 Å². The molecule has 0 aliphatic rings. The van der Waals surface area contributed by atoms with Gasteiger partial charge < -0.3 is 36.9 Å². The number of aliphatic hydroxyl groups is 1. The van der Waals surface area contributed by atoms with Crippen LogP contribution >= 0.6 is 0 Å². The number of hydrogen-bond acceptors (Lipinski definition) is 7. The number of carboxylic acid groups (broad SMARTS) is 1. The molecule has 1 rings (SSSR count). The number of imidazole rings is 1. The van der Waals surface area contributed by atoms with Gasteiger partial charge in [0.25, 0.3) is 0 Å². The Bertz CT molecular complexity index is 662. The Kier molecular flexibility index (Phi) is 8.35. The number of aliphatic carboxylic acids is 1. The van der Waals surface area contributed by atoms with Crippen molar-refractivity contribution in [3.63, 3.8) is 0 Å². The van der Waals surface area contributed by atoms with Gasteiger partial charge in [-0.1, -0.05) is 0 Å². The third-order valence-electron chi connectivity index (χ3n) is 3.57. The van der Waals surface area contributed by atoms with Crippen LogP contribution in [0.2, 0.25) is 0 Å². The highest BCUT2D eigenvalue weighted by atomic mass is 16.4. The molecule has 0 aliphatic heterocycles. The van der Waals surface area contributed by atoms with Gasteiger partial charge in [-0.15, -0.1) is 0 Å². The zero-order valence-corrected chi connectivity index (χ0v) is 14.9. The fourth-order valence-electron chi connectivity index (χ4n) is 1.99. The van der Waals surface area contributed by atoms with Crippen molar-refractivity contribution in [2.45, 2.75) is 44.4 Å². The first-order valence-corrected chi connectivity index (χ1v) is 8.13. The molecule has 1 heterocycles. The van der Waals surface area contributed by atoms with Crippen LogP contribution in [0.4, 0.5) is 0 Å². The topological polar surface area (TPSA) is 200 Å². The Balaban J connectivity index is 2.67. The van der Waals surface area contributed by atoms with Gasteiger partial charge in [-0.25, -0.2) is 9.78 Å². The predicted octanol–water partition coefficient (Wildman–Crippen LogP) is -3.15. The minimum Gasteiger partial charge on any atom is -0.480 e. The number of rotatable bonds is 10. The van der Waals surface area contributed by atoms with Crippen molar-refractivity contribution in [2.24, 2.45) is 5.73 Å². The Labute approximate surface area is 154 Å². The zero-order chi connectivity index (χ0) is 20.6. The summed E-state index contributed by atoms with van der Waals surface area (Å²) in [7, 11) is 0. The lowest BCUT2D eigenvalue weighted by Crippen LogP contribution is -2.57. The molecule has 0 radical (unpaired) electrons. The number of aliphatic hydroxyl groups excluding tert-OH is 1. The van der Waals surface area contributed by atoms with Crippen LogP contribution in [0, 0.1) is 0 Å². The van der Waals surface area contributed by atoms with E-state index < -0.39 is 54.5 Å². The van der Waals surface area contributed by atoms with Crippen molar-refractivity contribution in [1.29, 1.82) is 0 Å². The Morgan fingerprint density at radius 3 is 2.22 bits per heavy atom. The first kappa shape index (κ1) is 22.1. The second-order valence-corrected chi connectivity index (χ2v) is 5.94. The number of aromatic amines is 1. The monoisotopic (exact) mass is 384 g/mol. The van der Waals surface area contributed by atoms with Gasteiger partial charge in [-0.2, -0.15) is 0 Å². The molecule has 0 saturated heterocycles. The first-order chi connectivity index (χ1) is 12.6. The van der Waals surface area contributed by atoms with E-state index in [9.17, 15) is 29.4 Å². The smallest absolute Gasteiger partial charge is 0.326 e. The van der Waals surface area contributed by atoms with Gasteiger partial charge in [0, 0.05) is 18.3 Å². The molecule has 3 amide bonds. The van der Waals surface area contributed by atoms with Crippen LogP contribution in [0.1, 0.15) is 19.5 Å². The minimum absolute atomic E-state index is 0.0615. The molecule has 12 heteroatoms. The fourth-order valence-corrected chi connectivity index (χ4v) is 1.99. The molecule has 0 aromatic carbocycles. The standard InChI is InChI=1S/C15H24N6O6/c1-7(16)12(23)19-8(2)13(24)21-11(5-22)14(25)20-10(15(26)27)3-9-4-17-6-18-9/h4,6-8,10-11,22H,3,5,16H2,1-2H3,(H,17,18)(H,19,23)(H,20,25)(H,21,24)(H,26,27). The third-order valence-corrected chi connectivity index (χ3v) is 3.57. The van der Waals surface area contributed by atoms with Crippen molar-refractivity contribution >= 4 is 23.7 Å². The highest BCUT2D eigenvalue weighted by Crippen LogP contribution is 2.00. The zero-order valence-electron chi connectivity index (χ0n) is 14.9. The number of carboxylic acids is 1. The van der Waals surface area contributed by atoms with E-state index in [1.807, 2.05) is 0 Å². The molecule has 0 aliphatic carbocycles. The van der Waals surface area contributed by atoms with Crippen LogP contribution in [0.5, 0.6) is 0 Å². The molecule has 1 aromatic rings. The summed E-state index contributed by atoms with van der Waals surface area (Å²) >= 11 is 0. The highest BCUT2D eigenvalue weighted by Gasteiger charge is 2.28. The maximum absolute atomic E-state index is 12.2. The largest absolute Gasteiger partial charge is 0.480 e. The number of amides is 3. The van der Waals surface area contributed by atoms with Gasteiger partial charge in [0.2, 0.25) is 17.7 Å². The normalized spacial score (nSPS) is 15.1. The summed E-state index contributed by atoms with van der Waals surface area (Å²) < 4.78 is 0. The maximum Gasteiger partial charge on any atom is 0.326 e. The average Bonchev–Trinajstić information content (AvgIpc) is 3.11. The Morgan fingerprint density at radius 2 is 1.74 bits per heavy atom. The fraction of sp³-hybridized carbons (Fsp3) is 0.533. The van der Waals surface area contributed by atoms with Crippen LogP contribution < -0.4 is 21.7 Å². The molecule has 4 unspecified atom stereocenters. The molecule has 0 spiro atoms. The van der Waals surface area contributed by atoms with Crippen LogP contribution in [-0.2, 0) is 25.6 Å². The van der Waals surface area contributed by atoms with E-state index >= 15 is 0 Å². The number of nitrogens with one attached hydrogen (secondary N) is 4. The second kappa shape index (κ2) is 10.2. The number of nitrogens with two attached hydrogens (primary N) is 1. The van der Waals surface area contributed by atoms with Crippen LogP contribution in [-0.4, -0.2) is 74.6 Å². The molecule has 27 heavy (non-hydrogen) atoms. The summed E-state index contributed by atoms with van der Waals surface area (Å²) in [6, 6.07) is -4.52. The van der Waals surface area contributed by atoms with Gasteiger partial charge in [-0.05, 0) is 13.8 Å². The Morgan fingerprint density at radius 1 is 1.11 bits per heavy atom. The lowest BCUT2D eigenvalue weighted by molar-refractivity contribution is -0.142. The van der Waals surface area contributed by atoms with Crippen LogP contribution in [0.25, 0.3) is 0 Å². The quantitative estimate of drug-likeness (QED) is 0.219. The van der Waals surface area contributed by atoms with Crippen molar-refractivity contribution in [2.75, 3.05) is 6.61 Å². The molecule has 12 nitrogen and oxygen atoms in total. The third kappa shape index (κ3) is 7.03. The molecular weight excluding hydrogens is 360 g/mol. The molecule has 0 saturated carbocycles. The summed E-state index contributed by atoms with van der Waals surface area (Å²) in [5.41, 5.74) is 5.87. The number of H-pyrrole nitrogens is 1. The van der Waals surface area contributed by atoms with Gasteiger partial charge >= 0.3 is 5.97 Å². The summed E-state index contributed by atoms with van der Waals surface area (Å²) in [5, 5.41) is 25.4. The van der Waals surface area contributed by atoms with E-state index in [0.29, 0.717) is 5.69 Å². The molecule has 150 valence electrons. The van der Waals surface area contributed by atoms with Gasteiger partial charge in [0.15, 0.2) is 0 Å². The first-order valence-electron chi connectivity index (χ1n) is 8.13. The minimum atomic E-state index is -1.39. The molecular formula is C15H24N6O6. The summed E-state index contributed by atoms with van der Waals surface area (Å²) in [4.78, 5) is 53.6. The summed E-state index contributed by atoms with van der Waals surface area (Å²) in [6.45, 7) is 2.05. The number of carbonyl (C=O) groups excluding carboxylic acids is 3. The molecule has 4 atom stereocenters. The molecule has 0 fully saturated rings. The number of nitrogens with zero attached hydrogens (tertiary/aromatic N) is 1. The van der Waals surface area contributed by atoms with E-state index in [1.165, 1.54) is 26.4 Å². The van der Waals surface area contributed by atoms with Gasteiger partial charge in [0.1, 0.15) is 18.1 Å². The van der Waals surface area contributed by atoms with Crippen LogP contribution in [0.3, 0.4) is 0 Å². The Hall–Kier alpha value is -2.99. The lowest BCUT2D eigenvalue weighted by atomic mass is 10.1. The van der Waals surface area contributed by atoms with Crippen molar-refractivity contribution in [3.8, 4) is 0 Å². The SMILES string of the molecule is CC(N)C(=O)NC(C)C(=O)NC(CO)C(=O)NC(Cc1cnc[nH]1)C(=O)O. The number of carbonyl (C=O) groups is 4. The van der Waals surface area contributed by atoms with Crippen LogP contribution in [0.15, 0.2) is 12.5 Å². The van der Waals surface area contributed by atoms with E-state index in [4.69, 9.17) is 5.73 Å². The molecule has 0 bridgehead atoms. The van der Waals surface area contributed by atoms with Crippen molar-refractivity contribution in [3.05, 3.63) is 18.2 Å². The van der Waals surface area contributed by atoms with Gasteiger partial charge in [0.05, 0.1) is 19.0 Å². The number of aromatic nitrogens is 2. The van der Waals surface area contributed by atoms with Crippen molar-refractivity contribution in [1.82, 2.24) is 25.9 Å². The molecule has 8 N–H and O–H groups in total. The average molecular weight is 384 g/mol. The summed E-state index contributed by atoms with van der Waals surface area (Å²) in [5.74, 6) is -3.48. The predicted molar refractivity (Wildman–Crippen MR) is 92.1 cm³/mol. The van der Waals surface area contributed by atoms with E-state index in [-0.39, 0.29) is 6.42 Å². The van der Waals surface area contributed by atoms with Gasteiger partial charge in [-0.3, -0.25) is 14.4 Å².